The molecule has 138 valence electrons. The van der Waals surface area contributed by atoms with E-state index in [2.05, 4.69) is 17.2 Å². The van der Waals surface area contributed by atoms with Crippen molar-refractivity contribution < 1.29 is 19.2 Å². The first-order valence-electron chi connectivity index (χ1n) is 7.59. The number of carbonyl (C=O) groups excluding carboxylic acids is 2. The third-order valence-electron chi connectivity index (χ3n) is 3.31. The van der Waals surface area contributed by atoms with E-state index in [1.165, 1.54) is 18.2 Å². The normalized spacial score (nSPS) is 9.67. The lowest BCUT2D eigenvalue weighted by Crippen LogP contribution is -2.24. The maximum Gasteiger partial charge on any atom is 0.282 e. The second-order valence-electron chi connectivity index (χ2n) is 5.10. The van der Waals surface area contributed by atoms with Crippen molar-refractivity contribution in [1.82, 2.24) is 5.32 Å². The van der Waals surface area contributed by atoms with Crippen molar-refractivity contribution >= 4 is 29.1 Å². The van der Waals surface area contributed by atoms with E-state index >= 15 is 0 Å². The van der Waals surface area contributed by atoms with E-state index in [-0.39, 0.29) is 35.0 Å². The standard InChI is InChI=1S/C18H14ClN3O5/c19-12-7-8-15(22(25)26)14(11-12)18(24)21-9-3-4-10-27-16-6-2-1-5-13(16)17(20)23/h1-2,5-8,11H,9-10H2,(H2,20,23)(H,21,24). The van der Waals surface area contributed by atoms with Crippen LogP contribution in [0.5, 0.6) is 5.75 Å². The lowest BCUT2D eigenvalue weighted by Gasteiger charge is -2.06. The van der Waals surface area contributed by atoms with Gasteiger partial charge in [0.25, 0.3) is 17.5 Å². The zero-order chi connectivity index (χ0) is 19.8. The quantitative estimate of drug-likeness (QED) is 0.446. The van der Waals surface area contributed by atoms with E-state index in [4.69, 9.17) is 22.1 Å². The number of amides is 2. The fourth-order valence-electron chi connectivity index (χ4n) is 2.09. The number of nitrogens with one attached hydrogen (secondary N) is 1. The number of hydrogen-bond acceptors (Lipinski definition) is 5. The number of nitro benzene ring substituents is 1. The fraction of sp³-hybridized carbons (Fsp3) is 0.111. The number of ether oxygens (including phenoxy) is 1. The van der Waals surface area contributed by atoms with E-state index in [0.717, 1.165) is 6.07 Å². The second-order valence-corrected chi connectivity index (χ2v) is 5.54. The van der Waals surface area contributed by atoms with Gasteiger partial charge in [0.15, 0.2) is 0 Å². The summed E-state index contributed by atoms with van der Waals surface area (Å²) in [7, 11) is 0. The van der Waals surface area contributed by atoms with Crippen LogP contribution in [0.15, 0.2) is 42.5 Å². The average Bonchev–Trinajstić information content (AvgIpc) is 2.64. The van der Waals surface area contributed by atoms with Gasteiger partial charge in [0.1, 0.15) is 17.9 Å². The zero-order valence-electron chi connectivity index (χ0n) is 13.9. The van der Waals surface area contributed by atoms with Crippen LogP contribution in [0, 0.1) is 22.0 Å². The van der Waals surface area contributed by atoms with Crippen LogP contribution in [0.25, 0.3) is 0 Å². The van der Waals surface area contributed by atoms with Gasteiger partial charge in [0.2, 0.25) is 0 Å². The molecule has 0 spiro atoms. The van der Waals surface area contributed by atoms with Crippen LogP contribution < -0.4 is 15.8 Å². The SMILES string of the molecule is NC(=O)c1ccccc1OCC#CCNC(=O)c1cc(Cl)ccc1[N+](=O)[O-]. The van der Waals surface area contributed by atoms with Crippen molar-refractivity contribution in [2.45, 2.75) is 0 Å². The van der Waals surface area contributed by atoms with Crippen molar-refractivity contribution in [3.8, 4) is 17.6 Å². The molecule has 9 heteroatoms. The molecule has 2 rings (SSSR count). The van der Waals surface area contributed by atoms with Crippen LogP contribution in [-0.4, -0.2) is 29.9 Å². The Balaban J connectivity index is 1.91. The molecule has 0 radical (unpaired) electrons. The summed E-state index contributed by atoms with van der Waals surface area (Å²) >= 11 is 5.78. The van der Waals surface area contributed by atoms with Crippen LogP contribution in [0.2, 0.25) is 5.02 Å². The van der Waals surface area contributed by atoms with Gasteiger partial charge in [-0.05, 0) is 24.3 Å². The number of carbonyl (C=O) groups is 2. The lowest BCUT2D eigenvalue weighted by atomic mass is 10.1. The van der Waals surface area contributed by atoms with Crippen LogP contribution >= 0.6 is 11.6 Å². The summed E-state index contributed by atoms with van der Waals surface area (Å²) in [6.45, 7) is -0.0825. The minimum atomic E-state index is -0.668. The molecule has 0 heterocycles. The molecule has 0 saturated heterocycles. The molecule has 2 aromatic carbocycles. The van der Waals surface area contributed by atoms with E-state index in [1.54, 1.807) is 18.2 Å². The maximum atomic E-state index is 12.1. The van der Waals surface area contributed by atoms with Crippen molar-refractivity contribution in [1.29, 1.82) is 0 Å². The molecule has 0 atom stereocenters. The van der Waals surface area contributed by atoms with Gasteiger partial charge in [-0.15, -0.1) is 0 Å². The summed E-state index contributed by atoms with van der Waals surface area (Å²) in [5.41, 5.74) is 4.97. The highest BCUT2D eigenvalue weighted by Crippen LogP contribution is 2.22. The summed E-state index contributed by atoms with van der Waals surface area (Å²) < 4.78 is 5.36. The minimum absolute atomic E-state index is 0.0303. The first-order chi connectivity index (χ1) is 12.9. The van der Waals surface area contributed by atoms with Gasteiger partial charge in [0, 0.05) is 11.1 Å². The van der Waals surface area contributed by atoms with Gasteiger partial charge >= 0.3 is 0 Å². The Labute approximate surface area is 159 Å². The number of nitrogens with zero attached hydrogens (tertiary/aromatic N) is 1. The second kappa shape index (κ2) is 9.22. The third-order valence-corrected chi connectivity index (χ3v) is 3.55. The topological polar surface area (TPSA) is 125 Å². The van der Waals surface area contributed by atoms with Crippen LogP contribution in [0.3, 0.4) is 0 Å². The zero-order valence-corrected chi connectivity index (χ0v) is 14.7. The maximum absolute atomic E-state index is 12.1. The van der Waals surface area contributed by atoms with Gasteiger partial charge in [-0.25, -0.2) is 0 Å². The summed E-state index contributed by atoms with van der Waals surface area (Å²) in [5, 5.41) is 13.6. The number of halogens is 1. The molecule has 0 aliphatic heterocycles. The molecule has 3 N–H and O–H groups in total. The molecule has 8 nitrogen and oxygen atoms in total. The first kappa shape index (κ1) is 19.8. The van der Waals surface area contributed by atoms with Crippen molar-refractivity contribution in [3.63, 3.8) is 0 Å². The van der Waals surface area contributed by atoms with Gasteiger partial charge in [0.05, 0.1) is 17.0 Å². The Morgan fingerprint density at radius 2 is 1.93 bits per heavy atom. The Morgan fingerprint density at radius 3 is 2.63 bits per heavy atom. The highest BCUT2D eigenvalue weighted by atomic mass is 35.5. The van der Waals surface area contributed by atoms with E-state index in [0.29, 0.717) is 5.75 Å². The molecular weight excluding hydrogens is 374 g/mol. The predicted octanol–water partition coefficient (Wildman–Crippen LogP) is 2.16. The number of nitro groups is 1. The number of para-hydroxylation sites is 1. The average molecular weight is 388 g/mol. The van der Waals surface area contributed by atoms with E-state index < -0.39 is 16.7 Å². The number of nitrogens with two attached hydrogens (primary N) is 1. The summed E-state index contributed by atoms with van der Waals surface area (Å²) in [4.78, 5) is 33.6. The predicted molar refractivity (Wildman–Crippen MR) is 98.7 cm³/mol. The minimum Gasteiger partial charge on any atom is -0.480 e. The number of primary amides is 1. The van der Waals surface area contributed by atoms with E-state index in [9.17, 15) is 19.7 Å². The molecule has 0 aliphatic rings. The molecule has 27 heavy (non-hydrogen) atoms. The summed E-state index contributed by atoms with van der Waals surface area (Å²) in [6.07, 6.45) is 0. The summed E-state index contributed by atoms with van der Waals surface area (Å²) in [5.74, 6) is 4.32. The van der Waals surface area contributed by atoms with Crippen molar-refractivity contribution in [2.24, 2.45) is 5.73 Å². The molecular formula is C18H14ClN3O5. The monoisotopic (exact) mass is 387 g/mol. The molecule has 2 amide bonds. The molecule has 0 fully saturated rings. The Kier molecular flexibility index (Phi) is 6.74. The molecule has 0 aliphatic carbocycles. The van der Waals surface area contributed by atoms with Crippen LogP contribution in [-0.2, 0) is 0 Å². The van der Waals surface area contributed by atoms with Gasteiger partial charge in [-0.2, -0.15) is 0 Å². The molecule has 0 aromatic heterocycles. The molecule has 2 aromatic rings. The van der Waals surface area contributed by atoms with Gasteiger partial charge in [-0.1, -0.05) is 35.6 Å². The Bertz CT molecular complexity index is 949. The van der Waals surface area contributed by atoms with E-state index in [1.807, 2.05) is 0 Å². The molecule has 0 saturated carbocycles. The van der Waals surface area contributed by atoms with Crippen LogP contribution in [0.1, 0.15) is 20.7 Å². The summed E-state index contributed by atoms with van der Waals surface area (Å²) in [6, 6.07) is 10.2. The lowest BCUT2D eigenvalue weighted by molar-refractivity contribution is -0.385. The highest BCUT2D eigenvalue weighted by molar-refractivity contribution is 6.31. The number of rotatable bonds is 6. The largest absolute Gasteiger partial charge is 0.480 e. The first-order valence-corrected chi connectivity index (χ1v) is 7.97. The Hall–Kier alpha value is -3.57. The number of hydrogen-bond donors (Lipinski definition) is 2. The highest BCUT2D eigenvalue weighted by Gasteiger charge is 2.19. The third kappa shape index (κ3) is 5.45. The smallest absolute Gasteiger partial charge is 0.282 e. The van der Waals surface area contributed by atoms with Gasteiger partial charge < -0.3 is 15.8 Å². The molecule has 0 unspecified atom stereocenters. The van der Waals surface area contributed by atoms with Crippen molar-refractivity contribution in [3.05, 3.63) is 68.7 Å². The van der Waals surface area contributed by atoms with Crippen molar-refractivity contribution in [2.75, 3.05) is 13.2 Å². The Morgan fingerprint density at radius 1 is 1.19 bits per heavy atom. The number of benzene rings is 2. The fourth-order valence-corrected chi connectivity index (χ4v) is 2.26. The van der Waals surface area contributed by atoms with Crippen LogP contribution in [0.4, 0.5) is 5.69 Å². The molecule has 0 bridgehead atoms. The van der Waals surface area contributed by atoms with Gasteiger partial charge in [-0.3, -0.25) is 19.7 Å².